The molecule has 1 aromatic rings. The Kier molecular flexibility index (Phi) is 8.18. The zero-order valence-corrected chi connectivity index (χ0v) is 16.7. The van der Waals surface area contributed by atoms with Crippen LogP contribution in [0.25, 0.3) is 0 Å². The number of hydroxylamine groups is 2. The molecule has 156 valence electrons. The number of amides is 2. The maximum Gasteiger partial charge on any atom is 0.243 e. The Morgan fingerprint density at radius 1 is 1.36 bits per heavy atom. The molecule has 2 amide bonds. The average Bonchev–Trinajstić information content (AvgIpc) is 3.14. The number of nitrogens with one attached hydrogen (secondary N) is 3. The molecule has 2 rings (SSSR count). The third kappa shape index (κ3) is 6.45. The summed E-state index contributed by atoms with van der Waals surface area (Å²) < 4.78 is 14.5. The number of rotatable bonds is 10. The average molecular weight is 417 g/mol. The molecule has 0 aromatic carbocycles. The zero-order valence-electron chi connectivity index (χ0n) is 15.9. The highest BCUT2D eigenvalue weighted by molar-refractivity contribution is 6.28. The highest BCUT2D eigenvalue weighted by atomic mass is 35.5. The van der Waals surface area contributed by atoms with Gasteiger partial charge in [-0.1, -0.05) is 25.7 Å². The Hall–Kier alpha value is -2.20. The van der Waals surface area contributed by atoms with E-state index in [1.807, 2.05) is 13.8 Å². The van der Waals surface area contributed by atoms with Crippen LogP contribution in [0.4, 0.5) is 16.0 Å². The number of hydrazine groups is 1. The lowest BCUT2D eigenvalue weighted by Crippen LogP contribution is -2.41. The fraction of sp³-hybridized carbons (Fsp3) is 0.647. The smallest absolute Gasteiger partial charge is 0.243 e. The van der Waals surface area contributed by atoms with Gasteiger partial charge in [0.25, 0.3) is 0 Å². The molecule has 0 saturated heterocycles. The lowest BCUT2D eigenvalue weighted by atomic mass is 9.92. The molecule has 1 saturated carbocycles. The minimum Gasteiger partial charge on any atom is -0.365 e. The van der Waals surface area contributed by atoms with Crippen LogP contribution < -0.4 is 16.2 Å². The van der Waals surface area contributed by atoms with Crippen molar-refractivity contribution >= 4 is 35.6 Å². The third-order valence-electron chi connectivity index (χ3n) is 4.55. The highest BCUT2D eigenvalue weighted by Gasteiger charge is 2.27. The SMILES string of the molecule is CC(C)Nc1nc(Cl)nc(NNC(=O)[C@@H](CC2CCCC2)CN(O)C=O)c1F. The van der Waals surface area contributed by atoms with Gasteiger partial charge in [0.1, 0.15) is 0 Å². The van der Waals surface area contributed by atoms with E-state index in [2.05, 4.69) is 26.1 Å². The Morgan fingerprint density at radius 3 is 2.61 bits per heavy atom. The number of halogens is 2. The molecule has 1 heterocycles. The molecule has 1 atom stereocenters. The van der Waals surface area contributed by atoms with Gasteiger partial charge in [-0.3, -0.25) is 25.6 Å². The standard InChI is InChI=1S/C17H26ClFN6O3/c1-10(2)20-14-13(19)15(22-17(18)21-14)23-24-16(27)12(8-25(28)9-26)7-11-5-3-4-6-11/h9-12,28H,3-8H2,1-2H3,(H,24,27)(H2,20,21,22,23)/t12-/m0/s1. The third-order valence-corrected chi connectivity index (χ3v) is 4.71. The minimum atomic E-state index is -0.789. The van der Waals surface area contributed by atoms with Crippen molar-refractivity contribution in [3.05, 3.63) is 11.1 Å². The molecule has 1 aliphatic carbocycles. The second kappa shape index (κ2) is 10.4. The van der Waals surface area contributed by atoms with Crippen LogP contribution in [0, 0.1) is 17.7 Å². The lowest BCUT2D eigenvalue weighted by molar-refractivity contribution is -0.154. The van der Waals surface area contributed by atoms with Crippen molar-refractivity contribution in [1.29, 1.82) is 0 Å². The second-order valence-electron chi connectivity index (χ2n) is 7.23. The summed E-state index contributed by atoms with van der Waals surface area (Å²) in [5.41, 5.74) is 4.82. The predicted molar refractivity (Wildman–Crippen MR) is 102 cm³/mol. The monoisotopic (exact) mass is 416 g/mol. The van der Waals surface area contributed by atoms with Gasteiger partial charge >= 0.3 is 0 Å². The van der Waals surface area contributed by atoms with Crippen LogP contribution >= 0.6 is 11.6 Å². The second-order valence-corrected chi connectivity index (χ2v) is 7.57. The van der Waals surface area contributed by atoms with Gasteiger partial charge in [-0.2, -0.15) is 14.4 Å². The van der Waals surface area contributed by atoms with Crippen molar-refractivity contribution in [2.75, 3.05) is 17.3 Å². The molecule has 1 fully saturated rings. The number of hydrogen-bond donors (Lipinski definition) is 4. The maximum absolute atomic E-state index is 14.5. The Labute approximate surface area is 168 Å². The molecule has 0 unspecified atom stereocenters. The quantitative estimate of drug-likeness (QED) is 0.200. The molecule has 1 aromatic heterocycles. The highest BCUT2D eigenvalue weighted by Crippen LogP contribution is 2.30. The van der Waals surface area contributed by atoms with Gasteiger partial charge in [0.05, 0.1) is 12.5 Å². The van der Waals surface area contributed by atoms with Crippen molar-refractivity contribution < 1.29 is 19.2 Å². The molecule has 0 aliphatic heterocycles. The molecular weight excluding hydrogens is 391 g/mol. The summed E-state index contributed by atoms with van der Waals surface area (Å²) in [5.74, 6) is -1.95. The number of nitrogens with zero attached hydrogens (tertiary/aromatic N) is 3. The van der Waals surface area contributed by atoms with E-state index in [9.17, 15) is 19.2 Å². The number of aromatic nitrogens is 2. The molecule has 0 radical (unpaired) electrons. The van der Waals surface area contributed by atoms with Crippen LogP contribution in [0.1, 0.15) is 46.0 Å². The van der Waals surface area contributed by atoms with E-state index in [1.165, 1.54) is 0 Å². The van der Waals surface area contributed by atoms with Gasteiger partial charge in [0, 0.05) is 6.04 Å². The Balaban J connectivity index is 2.06. The van der Waals surface area contributed by atoms with Crippen molar-refractivity contribution in [3.8, 4) is 0 Å². The number of carbonyl (C=O) groups is 2. The lowest BCUT2D eigenvalue weighted by Gasteiger charge is -2.22. The molecule has 1 aliphatic rings. The van der Waals surface area contributed by atoms with E-state index in [0.29, 0.717) is 17.4 Å². The van der Waals surface area contributed by atoms with Gasteiger partial charge in [-0.15, -0.1) is 0 Å². The van der Waals surface area contributed by atoms with Crippen LogP contribution in [0.5, 0.6) is 0 Å². The van der Waals surface area contributed by atoms with Gasteiger partial charge in [-0.25, -0.2) is 5.06 Å². The minimum absolute atomic E-state index is 0.0856. The normalized spacial score (nSPS) is 15.4. The van der Waals surface area contributed by atoms with Crippen molar-refractivity contribution in [3.63, 3.8) is 0 Å². The zero-order chi connectivity index (χ0) is 20.7. The molecule has 9 nitrogen and oxygen atoms in total. The van der Waals surface area contributed by atoms with Crippen LogP contribution in [0.2, 0.25) is 5.28 Å². The van der Waals surface area contributed by atoms with Crippen molar-refractivity contribution in [2.45, 2.75) is 52.0 Å². The predicted octanol–water partition coefficient (Wildman–Crippen LogP) is 2.58. The van der Waals surface area contributed by atoms with Gasteiger partial charge in [0.2, 0.25) is 23.4 Å². The largest absolute Gasteiger partial charge is 0.365 e. The van der Waals surface area contributed by atoms with E-state index in [4.69, 9.17) is 11.6 Å². The summed E-state index contributed by atoms with van der Waals surface area (Å²) in [7, 11) is 0. The summed E-state index contributed by atoms with van der Waals surface area (Å²) in [6.45, 7) is 3.47. The first-order chi connectivity index (χ1) is 13.3. The fourth-order valence-corrected chi connectivity index (χ4v) is 3.45. The molecule has 11 heteroatoms. The van der Waals surface area contributed by atoms with Gasteiger partial charge in [0.15, 0.2) is 11.6 Å². The summed E-state index contributed by atoms with van der Waals surface area (Å²) in [4.78, 5) is 30.8. The summed E-state index contributed by atoms with van der Waals surface area (Å²) >= 11 is 5.82. The number of anilines is 2. The molecular formula is C17H26ClFN6O3. The fourth-order valence-electron chi connectivity index (χ4n) is 3.28. The van der Waals surface area contributed by atoms with E-state index >= 15 is 0 Å². The van der Waals surface area contributed by atoms with E-state index < -0.39 is 17.6 Å². The van der Waals surface area contributed by atoms with Crippen molar-refractivity contribution in [1.82, 2.24) is 20.5 Å². The summed E-state index contributed by atoms with van der Waals surface area (Å²) in [6, 6.07) is -0.0856. The van der Waals surface area contributed by atoms with Crippen molar-refractivity contribution in [2.24, 2.45) is 11.8 Å². The maximum atomic E-state index is 14.5. The molecule has 4 N–H and O–H groups in total. The summed E-state index contributed by atoms with van der Waals surface area (Å²) in [6.07, 6.45) is 4.98. The van der Waals surface area contributed by atoms with E-state index in [-0.39, 0.29) is 35.9 Å². The van der Waals surface area contributed by atoms with Crippen LogP contribution in [0.15, 0.2) is 0 Å². The first-order valence-electron chi connectivity index (χ1n) is 9.26. The Bertz CT molecular complexity index is 687. The van der Waals surface area contributed by atoms with Gasteiger partial charge < -0.3 is 5.32 Å². The first-order valence-corrected chi connectivity index (χ1v) is 9.64. The molecule has 0 spiro atoms. The van der Waals surface area contributed by atoms with Crippen LogP contribution in [0.3, 0.4) is 0 Å². The molecule has 0 bridgehead atoms. The topological polar surface area (TPSA) is 119 Å². The van der Waals surface area contributed by atoms with E-state index in [0.717, 1.165) is 25.7 Å². The Morgan fingerprint density at radius 2 is 2.00 bits per heavy atom. The van der Waals surface area contributed by atoms with Crippen LogP contribution in [-0.4, -0.2) is 45.1 Å². The summed E-state index contributed by atoms with van der Waals surface area (Å²) in [5, 5.41) is 12.5. The van der Waals surface area contributed by atoms with Gasteiger partial charge in [-0.05, 0) is 37.8 Å². The first kappa shape index (κ1) is 22.1. The molecule has 28 heavy (non-hydrogen) atoms. The number of hydrogen-bond acceptors (Lipinski definition) is 7. The number of carbonyl (C=O) groups excluding carboxylic acids is 2. The van der Waals surface area contributed by atoms with E-state index in [1.54, 1.807) is 0 Å². The van der Waals surface area contributed by atoms with Crippen LogP contribution in [-0.2, 0) is 9.59 Å².